The lowest BCUT2D eigenvalue weighted by Crippen LogP contribution is -2.19. The van der Waals surface area contributed by atoms with Crippen LogP contribution in [0.2, 0.25) is 0 Å². The van der Waals surface area contributed by atoms with Gasteiger partial charge in [-0.3, -0.25) is 4.40 Å². The fraction of sp³-hybridized carbons (Fsp3) is 0.357. The topological polar surface area (TPSA) is 42.5 Å². The molecule has 19 heavy (non-hydrogen) atoms. The van der Waals surface area contributed by atoms with Crippen LogP contribution in [0.3, 0.4) is 0 Å². The molecule has 0 bridgehead atoms. The number of imidazole rings is 1. The van der Waals surface area contributed by atoms with Crippen LogP contribution in [0, 0.1) is 13.8 Å². The molecule has 1 unspecified atom stereocenters. The van der Waals surface area contributed by atoms with Gasteiger partial charge in [-0.25, -0.2) is 4.98 Å². The normalized spacial score (nSPS) is 13.2. The molecule has 1 atom stereocenters. The number of thiazole rings is 1. The summed E-state index contributed by atoms with van der Waals surface area (Å²) < 4.78 is 7.63. The first-order valence-electron chi connectivity index (χ1n) is 6.35. The van der Waals surface area contributed by atoms with Crippen molar-refractivity contribution in [3.05, 3.63) is 46.6 Å². The fourth-order valence-corrected chi connectivity index (χ4v) is 3.19. The van der Waals surface area contributed by atoms with E-state index in [4.69, 9.17) is 4.42 Å². The predicted octanol–water partition coefficient (Wildman–Crippen LogP) is 3.46. The Labute approximate surface area is 116 Å². The van der Waals surface area contributed by atoms with E-state index >= 15 is 0 Å². The molecule has 0 aromatic carbocycles. The number of fused-ring (bicyclic) bond motifs is 1. The van der Waals surface area contributed by atoms with E-state index in [2.05, 4.69) is 40.9 Å². The van der Waals surface area contributed by atoms with Crippen molar-refractivity contribution in [2.24, 2.45) is 0 Å². The molecule has 0 amide bonds. The van der Waals surface area contributed by atoms with Gasteiger partial charge in [0.05, 0.1) is 23.7 Å². The van der Waals surface area contributed by atoms with Crippen LogP contribution in [0.25, 0.3) is 4.96 Å². The molecule has 0 saturated carbocycles. The molecule has 100 valence electrons. The van der Waals surface area contributed by atoms with Gasteiger partial charge in [-0.2, -0.15) is 0 Å². The molecule has 1 N–H and O–H groups in total. The first-order valence-corrected chi connectivity index (χ1v) is 7.23. The molecule has 5 heteroatoms. The summed E-state index contributed by atoms with van der Waals surface area (Å²) in [5.74, 6) is 0.959. The zero-order chi connectivity index (χ0) is 13.4. The van der Waals surface area contributed by atoms with Crippen LogP contribution in [0.15, 0.2) is 28.2 Å². The van der Waals surface area contributed by atoms with E-state index < -0.39 is 0 Å². The second-order valence-corrected chi connectivity index (χ2v) is 5.59. The molecule has 3 heterocycles. The summed E-state index contributed by atoms with van der Waals surface area (Å²) in [6, 6.07) is 4.10. The maximum atomic E-state index is 5.41. The third-order valence-electron chi connectivity index (χ3n) is 3.38. The number of aromatic nitrogens is 2. The zero-order valence-corrected chi connectivity index (χ0v) is 12.1. The number of rotatable bonds is 4. The van der Waals surface area contributed by atoms with Crippen LogP contribution in [0.4, 0.5) is 0 Å². The highest BCUT2D eigenvalue weighted by Crippen LogP contribution is 2.21. The minimum atomic E-state index is 0.193. The van der Waals surface area contributed by atoms with Gasteiger partial charge < -0.3 is 9.73 Å². The van der Waals surface area contributed by atoms with Gasteiger partial charge in [0.2, 0.25) is 0 Å². The Balaban J connectivity index is 1.82. The minimum absolute atomic E-state index is 0.193. The van der Waals surface area contributed by atoms with Crippen LogP contribution in [0.1, 0.15) is 35.8 Å². The van der Waals surface area contributed by atoms with Crippen LogP contribution in [-0.2, 0) is 6.54 Å². The molecule has 0 aliphatic heterocycles. The SMILES string of the molecule is Cc1nc2scc(C)n2c1CNC(C)c1ccco1. The van der Waals surface area contributed by atoms with Gasteiger partial charge in [0, 0.05) is 17.6 Å². The van der Waals surface area contributed by atoms with Crippen LogP contribution in [0.5, 0.6) is 0 Å². The van der Waals surface area contributed by atoms with Gasteiger partial charge in [-0.15, -0.1) is 11.3 Å². The highest BCUT2D eigenvalue weighted by molar-refractivity contribution is 7.15. The molecule has 3 rings (SSSR count). The number of hydrogen-bond acceptors (Lipinski definition) is 4. The van der Waals surface area contributed by atoms with Crippen molar-refractivity contribution in [3.63, 3.8) is 0 Å². The Morgan fingerprint density at radius 2 is 2.32 bits per heavy atom. The molecular formula is C14H17N3OS. The summed E-state index contributed by atoms with van der Waals surface area (Å²) >= 11 is 1.69. The fourth-order valence-electron chi connectivity index (χ4n) is 2.26. The highest BCUT2D eigenvalue weighted by atomic mass is 32.1. The summed E-state index contributed by atoms with van der Waals surface area (Å²) in [6.07, 6.45) is 1.71. The Bertz CT molecular complexity index is 681. The molecular weight excluding hydrogens is 258 g/mol. The van der Waals surface area contributed by atoms with Gasteiger partial charge in [-0.05, 0) is 32.9 Å². The van der Waals surface area contributed by atoms with E-state index in [1.807, 2.05) is 12.1 Å². The molecule has 3 aromatic heterocycles. The lowest BCUT2D eigenvalue weighted by Gasteiger charge is -2.11. The summed E-state index contributed by atoms with van der Waals surface area (Å²) in [4.78, 5) is 5.66. The first kappa shape index (κ1) is 12.4. The zero-order valence-electron chi connectivity index (χ0n) is 11.3. The molecule has 3 aromatic rings. The average molecular weight is 275 g/mol. The lowest BCUT2D eigenvalue weighted by molar-refractivity contribution is 0.428. The number of nitrogens with zero attached hydrogens (tertiary/aromatic N) is 2. The van der Waals surface area contributed by atoms with Gasteiger partial charge in [0.1, 0.15) is 5.76 Å². The molecule has 4 nitrogen and oxygen atoms in total. The second-order valence-electron chi connectivity index (χ2n) is 4.76. The summed E-state index contributed by atoms with van der Waals surface area (Å²) in [5.41, 5.74) is 3.56. The van der Waals surface area contributed by atoms with Crippen molar-refractivity contribution >= 4 is 16.3 Å². The third-order valence-corrected chi connectivity index (χ3v) is 4.32. The van der Waals surface area contributed by atoms with E-state index in [1.165, 1.54) is 11.4 Å². The quantitative estimate of drug-likeness (QED) is 0.793. The summed E-state index contributed by atoms with van der Waals surface area (Å²) in [6.45, 7) is 7.07. The van der Waals surface area contributed by atoms with Crippen LogP contribution in [-0.4, -0.2) is 9.38 Å². The van der Waals surface area contributed by atoms with Crippen LogP contribution >= 0.6 is 11.3 Å². The number of hydrogen-bond donors (Lipinski definition) is 1. The molecule has 0 radical (unpaired) electrons. The van der Waals surface area contributed by atoms with Crippen molar-refractivity contribution in [2.75, 3.05) is 0 Å². The molecule has 0 aliphatic carbocycles. The van der Waals surface area contributed by atoms with Gasteiger partial charge in [0.15, 0.2) is 4.96 Å². The summed E-state index contributed by atoms with van der Waals surface area (Å²) in [7, 11) is 0. The second kappa shape index (κ2) is 4.83. The van der Waals surface area contributed by atoms with E-state index in [0.717, 1.165) is 23.0 Å². The van der Waals surface area contributed by atoms with Crippen molar-refractivity contribution in [1.29, 1.82) is 0 Å². The number of aryl methyl sites for hydroxylation is 2. The smallest absolute Gasteiger partial charge is 0.194 e. The Hall–Kier alpha value is -1.59. The molecule has 0 aliphatic rings. The number of nitrogens with one attached hydrogen (secondary N) is 1. The van der Waals surface area contributed by atoms with Crippen molar-refractivity contribution in [2.45, 2.75) is 33.4 Å². The molecule has 0 saturated heterocycles. The van der Waals surface area contributed by atoms with E-state index in [0.29, 0.717) is 0 Å². The monoisotopic (exact) mass is 275 g/mol. The first-order chi connectivity index (χ1) is 9.16. The number of furan rings is 1. The van der Waals surface area contributed by atoms with Crippen molar-refractivity contribution in [1.82, 2.24) is 14.7 Å². The van der Waals surface area contributed by atoms with Gasteiger partial charge in [0.25, 0.3) is 0 Å². The van der Waals surface area contributed by atoms with Gasteiger partial charge >= 0.3 is 0 Å². The van der Waals surface area contributed by atoms with Crippen molar-refractivity contribution in [3.8, 4) is 0 Å². The maximum Gasteiger partial charge on any atom is 0.194 e. The van der Waals surface area contributed by atoms with Crippen LogP contribution < -0.4 is 5.32 Å². The lowest BCUT2D eigenvalue weighted by atomic mass is 10.2. The third kappa shape index (κ3) is 2.19. The van der Waals surface area contributed by atoms with E-state index in [1.54, 1.807) is 17.6 Å². The minimum Gasteiger partial charge on any atom is -0.468 e. The highest BCUT2D eigenvalue weighted by Gasteiger charge is 2.14. The largest absolute Gasteiger partial charge is 0.468 e. The van der Waals surface area contributed by atoms with E-state index in [-0.39, 0.29) is 6.04 Å². The maximum absolute atomic E-state index is 5.41. The van der Waals surface area contributed by atoms with Crippen molar-refractivity contribution < 1.29 is 4.42 Å². The predicted molar refractivity (Wildman–Crippen MR) is 76.5 cm³/mol. The Morgan fingerprint density at radius 1 is 1.47 bits per heavy atom. The molecule has 0 spiro atoms. The average Bonchev–Trinajstić information content (AvgIpc) is 3.07. The Kier molecular flexibility index (Phi) is 3.16. The standard InChI is InChI=1S/C14H17N3OS/c1-9-8-19-14-16-10(2)12(17(9)14)7-15-11(3)13-5-4-6-18-13/h4-6,8,11,15H,7H2,1-3H3. The van der Waals surface area contributed by atoms with Gasteiger partial charge in [-0.1, -0.05) is 0 Å². The summed E-state index contributed by atoms with van der Waals surface area (Å²) in [5, 5.41) is 5.63. The molecule has 0 fully saturated rings. The van der Waals surface area contributed by atoms with E-state index in [9.17, 15) is 0 Å². The Morgan fingerprint density at radius 3 is 3.05 bits per heavy atom.